The largest absolute Gasteiger partial charge is 0.394 e. The molecule has 0 aromatic carbocycles. The van der Waals surface area contributed by atoms with E-state index in [1.165, 1.54) is 0 Å². The zero-order valence-corrected chi connectivity index (χ0v) is 11.3. The Labute approximate surface area is 104 Å². The van der Waals surface area contributed by atoms with Crippen molar-refractivity contribution in [1.29, 1.82) is 0 Å². The Morgan fingerprint density at radius 2 is 1.82 bits per heavy atom. The molecule has 0 spiro atoms. The highest BCUT2D eigenvalue weighted by molar-refractivity contribution is 4.83. The third kappa shape index (κ3) is 6.36. The minimum atomic E-state index is -0.736. The highest BCUT2D eigenvalue weighted by atomic mass is 16.5. The van der Waals surface area contributed by atoms with Gasteiger partial charge in [-0.3, -0.25) is 0 Å². The number of nitrogens with one attached hydrogen (secondary N) is 1. The van der Waals surface area contributed by atoms with Gasteiger partial charge in [-0.2, -0.15) is 0 Å². The molecular formula is C13H27NO3. The standard InChI is InChI=1S/C13H27NO3/c1-13(2,3)14-10-4-6-12(7-5-10)17-9-11(16)8-15/h10-12,14-16H,4-9H2,1-3H3/t10-,11?,12-. The van der Waals surface area contributed by atoms with Crippen LogP contribution in [0.15, 0.2) is 0 Å². The lowest BCUT2D eigenvalue weighted by molar-refractivity contribution is -0.0427. The normalized spacial score (nSPS) is 28.1. The van der Waals surface area contributed by atoms with Gasteiger partial charge in [0.2, 0.25) is 0 Å². The summed E-state index contributed by atoms with van der Waals surface area (Å²) in [6.07, 6.45) is 3.82. The molecule has 4 heteroatoms. The maximum Gasteiger partial charge on any atom is 0.100 e. The Bertz CT molecular complexity index is 207. The van der Waals surface area contributed by atoms with Crippen LogP contribution in [0.2, 0.25) is 0 Å². The van der Waals surface area contributed by atoms with E-state index in [2.05, 4.69) is 26.1 Å². The molecule has 1 atom stereocenters. The summed E-state index contributed by atoms with van der Waals surface area (Å²) in [6, 6.07) is 0.581. The smallest absolute Gasteiger partial charge is 0.100 e. The van der Waals surface area contributed by atoms with Gasteiger partial charge in [-0.25, -0.2) is 0 Å². The van der Waals surface area contributed by atoms with Crippen LogP contribution in [-0.4, -0.2) is 47.2 Å². The highest BCUT2D eigenvalue weighted by Gasteiger charge is 2.24. The summed E-state index contributed by atoms with van der Waals surface area (Å²) in [6.45, 7) is 6.59. The number of aliphatic hydroxyl groups is 2. The first-order chi connectivity index (χ1) is 7.90. The maximum atomic E-state index is 9.21. The molecule has 1 unspecified atom stereocenters. The van der Waals surface area contributed by atoms with E-state index in [9.17, 15) is 5.11 Å². The van der Waals surface area contributed by atoms with Crippen molar-refractivity contribution >= 4 is 0 Å². The predicted octanol–water partition coefficient (Wildman–Crippen LogP) is 1.06. The van der Waals surface area contributed by atoms with E-state index in [0.717, 1.165) is 25.7 Å². The molecule has 0 radical (unpaired) electrons. The summed E-state index contributed by atoms with van der Waals surface area (Å²) in [7, 11) is 0. The summed E-state index contributed by atoms with van der Waals surface area (Å²) in [5.41, 5.74) is 0.172. The minimum Gasteiger partial charge on any atom is -0.394 e. The molecule has 0 aliphatic heterocycles. The lowest BCUT2D eigenvalue weighted by Gasteiger charge is -2.34. The van der Waals surface area contributed by atoms with Crippen LogP contribution >= 0.6 is 0 Å². The zero-order chi connectivity index (χ0) is 12.9. The fraction of sp³-hybridized carbons (Fsp3) is 1.00. The second kappa shape index (κ2) is 6.69. The molecular weight excluding hydrogens is 218 g/mol. The minimum absolute atomic E-state index is 0.172. The van der Waals surface area contributed by atoms with Gasteiger partial charge in [-0.05, 0) is 46.5 Å². The van der Waals surface area contributed by atoms with Crippen molar-refractivity contribution in [3.8, 4) is 0 Å². The zero-order valence-electron chi connectivity index (χ0n) is 11.3. The Morgan fingerprint density at radius 3 is 2.29 bits per heavy atom. The van der Waals surface area contributed by atoms with Crippen molar-refractivity contribution in [2.24, 2.45) is 0 Å². The van der Waals surface area contributed by atoms with E-state index in [1.54, 1.807) is 0 Å². The Hall–Kier alpha value is -0.160. The summed E-state index contributed by atoms with van der Waals surface area (Å²) < 4.78 is 5.58. The lowest BCUT2D eigenvalue weighted by Crippen LogP contribution is -2.46. The second-order valence-corrected chi connectivity index (χ2v) is 6.04. The Morgan fingerprint density at radius 1 is 1.24 bits per heavy atom. The molecule has 1 aliphatic carbocycles. The number of aliphatic hydroxyl groups excluding tert-OH is 2. The monoisotopic (exact) mass is 245 g/mol. The molecule has 0 aromatic rings. The van der Waals surface area contributed by atoms with E-state index in [1.807, 2.05) is 0 Å². The first-order valence-corrected chi connectivity index (χ1v) is 6.59. The van der Waals surface area contributed by atoms with Crippen molar-refractivity contribution < 1.29 is 14.9 Å². The van der Waals surface area contributed by atoms with Gasteiger partial charge >= 0.3 is 0 Å². The van der Waals surface area contributed by atoms with E-state index < -0.39 is 6.10 Å². The summed E-state index contributed by atoms with van der Waals surface area (Å²) in [5, 5.41) is 21.5. The molecule has 0 heterocycles. The van der Waals surface area contributed by atoms with Crippen LogP contribution in [-0.2, 0) is 4.74 Å². The van der Waals surface area contributed by atoms with Crippen molar-refractivity contribution in [2.45, 2.75) is 70.2 Å². The van der Waals surface area contributed by atoms with Crippen LogP contribution in [0.25, 0.3) is 0 Å². The summed E-state index contributed by atoms with van der Waals surface area (Å²) >= 11 is 0. The van der Waals surface area contributed by atoms with E-state index in [-0.39, 0.29) is 24.9 Å². The molecule has 0 bridgehead atoms. The van der Waals surface area contributed by atoms with Crippen molar-refractivity contribution in [3.63, 3.8) is 0 Å². The molecule has 1 aliphatic rings. The van der Waals surface area contributed by atoms with E-state index in [4.69, 9.17) is 9.84 Å². The second-order valence-electron chi connectivity index (χ2n) is 6.04. The quantitative estimate of drug-likeness (QED) is 0.677. The number of hydrogen-bond donors (Lipinski definition) is 3. The van der Waals surface area contributed by atoms with Crippen LogP contribution in [0.3, 0.4) is 0 Å². The van der Waals surface area contributed by atoms with Crippen LogP contribution in [0.1, 0.15) is 46.5 Å². The van der Waals surface area contributed by atoms with E-state index in [0.29, 0.717) is 6.04 Å². The van der Waals surface area contributed by atoms with Crippen LogP contribution < -0.4 is 5.32 Å². The van der Waals surface area contributed by atoms with Crippen LogP contribution in [0, 0.1) is 0 Å². The average Bonchev–Trinajstić information content (AvgIpc) is 2.25. The fourth-order valence-electron chi connectivity index (χ4n) is 2.29. The third-order valence-corrected chi connectivity index (χ3v) is 3.05. The Kier molecular flexibility index (Phi) is 5.86. The lowest BCUT2D eigenvalue weighted by atomic mass is 9.91. The van der Waals surface area contributed by atoms with Crippen molar-refractivity contribution in [2.75, 3.05) is 13.2 Å². The summed E-state index contributed by atoms with van der Waals surface area (Å²) in [4.78, 5) is 0. The van der Waals surface area contributed by atoms with Crippen LogP contribution in [0.4, 0.5) is 0 Å². The van der Waals surface area contributed by atoms with Gasteiger partial charge in [-0.1, -0.05) is 0 Å². The molecule has 4 nitrogen and oxygen atoms in total. The fourth-order valence-corrected chi connectivity index (χ4v) is 2.29. The first-order valence-electron chi connectivity index (χ1n) is 6.59. The van der Waals surface area contributed by atoms with E-state index >= 15 is 0 Å². The van der Waals surface area contributed by atoms with Gasteiger partial charge in [0.1, 0.15) is 6.10 Å². The molecule has 1 rings (SSSR count). The first kappa shape index (κ1) is 14.9. The molecule has 17 heavy (non-hydrogen) atoms. The molecule has 0 amide bonds. The predicted molar refractivity (Wildman–Crippen MR) is 68.0 cm³/mol. The number of ether oxygens (including phenoxy) is 1. The molecule has 0 aromatic heterocycles. The summed E-state index contributed by atoms with van der Waals surface area (Å²) in [5.74, 6) is 0. The topological polar surface area (TPSA) is 61.7 Å². The van der Waals surface area contributed by atoms with Gasteiger partial charge in [0.25, 0.3) is 0 Å². The van der Waals surface area contributed by atoms with Gasteiger partial charge in [0.15, 0.2) is 0 Å². The number of hydrogen-bond acceptors (Lipinski definition) is 4. The highest BCUT2D eigenvalue weighted by Crippen LogP contribution is 2.22. The molecule has 0 saturated heterocycles. The van der Waals surface area contributed by atoms with Crippen molar-refractivity contribution in [1.82, 2.24) is 5.32 Å². The molecule has 102 valence electrons. The van der Waals surface area contributed by atoms with Gasteiger partial charge in [0.05, 0.1) is 19.3 Å². The van der Waals surface area contributed by atoms with Gasteiger partial charge in [-0.15, -0.1) is 0 Å². The van der Waals surface area contributed by atoms with Gasteiger partial charge < -0.3 is 20.3 Å². The average molecular weight is 245 g/mol. The molecule has 3 N–H and O–H groups in total. The SMILES string of the molecule is CC(C)(C)N[C@H]1CC[C@H](OCC(O)CO)CC1. The Balaban J connectivity index is 2.17. The molecule has 1 saturated carbocycles. The van der Waals surface area contributed by atoms with Crippen LogP contribution in [0.5, 0.6) is 0 Å². The van der Waals surface area contributed by atoms with Crippen molar-refractivity contribution in [3.05, 3.63) is 0 Å². The number of rotatable bonds is 5. The molecule has 1 fully saturated rings. The third-order valence-electron chi connectivity index (χ3n) is 3.05. The maximum absolute atomic E-state index is 9.21. The van der Waals surface area contributed by atoms with Gasteiger partial charge in [0, 0.05) is 11.6 Å².